The van der Waals surface area contributed by atoms with Crippen LogP contribution in [-0.4, -0.2) is 37.0 Å². The van der Waals surface area contributed by atoms with E-state index in [2.05, 4.69) is 42.7 Å². The molecule has 0 aliphatic carbocycles. The number of hydrogen-bond donors (Lipinski definition) is 2. The maximum Gasteiger partial charge on any atom is 0.321 e. The number of nitrogens with one attached hydrogen (secondary N) is 2. The Bertz CT molecular complexity index is 556. The summed E-state index contributed by atoms with van der Waals surface area (Å²) in [5.74, 6) is 0.463. The second-order valence-corrected chi connectivity index (χ2v) is 6.40. The van der Waals surface area contributed by atoms with Crippen molar-refractivity contribution in [3.8, 4) is 0 Å². The van der Waals surface area contributed by atoms with Crippen molar-refractivity contribution in [2.45, 2.75) is 46.0 Å². The van der Waals surface area contributed by atoms with Crippen LogP contribution in [0.5, 0.6) is 0 Å². The number of piperidine rings is 1. The highest BCUT2D eigenvalue weighted by atomic mass is 16.2. The predicted molar refractivity (Wildman–Crippen MR) is 97.2 cm³/mol. The van der Waals surface area contributed by atoms with E-state index in [1.165, 1.54) is 11.1 Å². The summed E-state index contributed by atoms with van der Waals surface area (Å²) in [7, 11) is 1.67. The quantitative estimate of drug-likeness (QED) is 0.870. The van der Waals surface area contributed by atoms with Gasteiger partial charge in [-0.2, -0.15) is 0 Å². The summed E-state index contributed by atoms with van der Waals surface area (Å²) >= 11 is 0. The van der Waals surface area contributed by atoms with Gasteiger partial charge in [-0.25, -0.2) is 4.79 Å². The summed E-state index contributed by atoms with van der Waals surface area (Å²) in [6.45, 7) is 5.63. The van der Waals surface area contributed by atoms with Crippen molar-refractivity contribution in [3.63, 3.8) is 0 Å². The number of likely N-dealkylation sites (tertiary alicyclic amines) is 1. The first-order valence-electron chi connectivity index (χ1n) is 8.96. The second kappa shape index (κ2) is 8.71. The van der Waals surface area contributed by atoms with Crippen LogP contribution in [0.2, 0.25) is 0 Å². The molecule has 1 fully saturated rings. The highest BCUT2D eigenvalue weighted by Crippen LogP contribution is 2.25. The highest BCUT2D eigenvalue weighted by molar-refractivity contribution is 5.91. The van der Waals surface area contributed by atoms with Gasteiger partial charge in [-0.3, -0.25) is 4.79 Å². The van der Waals surface area contributed by atoms with E-state index < -0.39 is 0 Å². The number of carbonyl (C=O) groups excluding carboxylic acids is 2. The maximum absolute atomic E-state index is 12.6. The summed E-state index contributed by atoms with van der Waals surface area (Å²) in [5, 5.41) is 5.80. The molecule has 0 saturated carbocycles. The molecule has 3 amide bonds. The van der Waals surface area contributed by atoms with Gasteiger partial charge >= 0.3 is 6.03 Å². The third-order valence-corrected chi connectivity index (χ3v) is 4.89. The van der Waals surface area contributed by atoms with Crippen LogP contribution in [0.3, 0.4) is 0 Å². The fraction of sp³-hybridized carbons (Fsp3) is 0.579. The highest BCUT2D eigenvalue weighted by Gasteiger charge is 2.24. The molecule has 1 aromatic rings. The van der Waals surface area contributed by atoms with Gasteiger partial charge in [0.1, 0.15) is 0 Å². The molecule has 1 heterocycles. The Morgan fingerprint density at radius 1 is 1.12 bits per heavy atom. The predicted octanol–water partition coefficient (Wildman–Crippen LogP) is 3.19. The SMILES string of the molecule is CCc1cccc(CC)c1NC(=O)N1CCC(CC(=O)NC)CC1. The van der Waals surface area contributed by atoms with Gasteiger partial charge in [0, 0.05) is 32.2 Å². The number of carbonyl (C=O) groups is 2. The molecule has 1 aliphatic heterocycles. The number of amides is 3. The van der Waals surface area contributed by atoms with Gasteiger partial charge in [0.05, 0.1) is 0 Å². The van der Waals surface area contributed by atoms with E-state index in [1.807, 2.05) is 4.90 Å². The Labute approximate surface area is 144 Å². The van der Waals surface area contributed by atoms with Crippen LogP contribution in [0.4, 0.5) is 10.5 Å². The number of rotatable bonds is 5. The third-order valence-electron chi connectivity index (χ3n) is 4.89. The molecule has 5 heteroatoms. The van der Waals surface area contributed by atoms with E-state index in [-0.39, 0.29) is 11.9 Å². The first kappa shape index (κ1) is 18.3. The minimum atomic E-state index is -0.0241. The van der Waals surface area contributed by atoms with Crippen LogP contribution in [0.15, 0.2) is 18.2 Å². The normalized spacial score (nSPS) is 15.2. The van der Waals surface area contributed by atoms with Crippen LogP contribution in [0.25, 0.3) is 0 Å². The largest absolute Gasteiger partial charge is 0.359 e. The zero-order chi connectivity index (χ0) is 17.5. The van der Waals surface area contributed by atoms with E-state index >= 15 is 0 Å². The Balaban J connectivity index is 1.96. The standard InChI is InChI=1S/C19H29N3O2/c1-4-15-7-6-8-16(5-2)18(15)21-19(24)22-11-9-14(10-12-22)13-17(23)20-3/h6-8,14H,4-5,9-13H2,1-3H3,(H,20,23)(H,21,24). The lowest BCUT2D eigenvalue weighted by Gasteiger charge is -2.32. The molecule has 0 unspecified atom stereocenters. The van der Waals surface area contributed by atoms with Crippen molar-refractivity contribution in [2.75, 3.05) is 25.5 Å². The molecule has 0 spiro atoms. The Hall–Kier alpha value is -2.04. The van der Waals surface area contributed by atoms with Crippen LogP contribution in [-0.2, 0) is 17.6 Å². The number of benzene rings is 1. The van der Waals surface area contributed by atoms with E-state index in [4.69, 9.17) is 0 Å². The first-order chi connectivity index (χ1) is 11.6. The van der Waals surface area contributed by atoms with Crippen molar-refractivity contribution in [2.24, 2.45) is 5.92 Å². The number of aryl methyl sites for hydroxylation is 2. The molecule has 2 N–H and O–H groups in total. The zero-order valence-corrected chi connectivity index (χ0v) is 15.0. The summed E-state index contributed by atoms with van der Waals surface area (Å²) < 4.78 is 0. The third kappa shape index (κ3) is 4.49. The van der Waals surface area contributed by atoms with E-state index in [1.54, 1.807) is 7.05 Å². The average molecular weight is 331 g/mol. The monoisotopic (exact) mass is 331 g/mol. The van der Waals surface area contributed by atoms with Gasteiger partial charge < -0.3 is 15.5 Å². The van der Waals surface area contributed by atoms with E-state index in [0.717, 1.165) is 31.4 Å². The van der Waals surface area contributed by atoms with Crippen LogP contribution >= 0.6 is 0 Å². The molecule has 1 saturated heterocycles. The van der Waals surface area contributed by atoms with Crippen molar-refractivity contribution < 1.29 is 9.59 Å². The molecule has 132 valence electrons. The fourth-order valence-electron chi connectivity index (χ4n) is 3.29. The van der Waals surface area contributed by atoms with Gasteiger partial charge in [-0.05, 0) is 42.7 Å². The molecule has 0 radical (unpaired) electrons. The molecule has 5 nitrogen and oxygen atoms in total. The van der Waals surface area contributed by atoms with Gasteiger partial charge in [-0.1, -0.05) is 32.0 Å². The lowest BCUT2D eigenvalue weighted by atomic mass is 9.93. The van der Waals surface area contributed by atoms with Gasteiger partial charge in [0.25, 0.3) is 0 Å². The number of urea groups is 1. The Morgan fingerprint density at radius 2 is 1.71 bits per heavy atom. The first-order valence-corrected chi connectivity index (χ1v) is 8.96. The van der Waals surface area contributed by atoms with Crippen LogP contribution in [0.1, 0.15) is 44.2 Å². The smallest absolute Gasteiger partial charge is 0.321 e. The fourth-order valence-corrected chi connectivity index (χ4v) is 3.29. The Kier molecular flexibility index (Phi) is 6.64. The molecular weight excluding hydrogens is 302 g/mol. The van der Waals surface area contributed by atoms with Gasteiger partial charge in [0.15, 0.2) is 0 Å². The van der Waals surface area contributed by atoms with Gasteiger partial charge in [0.2, 0.25) is 5.91 Å². The van der Waals surface area contributed by atoms with Crippen LogP contribution < -0.4 is 10.6 Å². The molecule has 0 bridgehead atoms. The summed E-state index contributed by atoms with van der Waals surface area (Å²) in [6.07, 6.45) is 4.13. The zero-order valence-electron chi connectivity index (χ0n) is 15.0. The molecule has 0 aromatic heterocycles. The summed E-state index contributed by atoms with van der Waals surface area (Å²) in [4.78, 5) is 26.0. The van der Waals surface area contributed by atoms with Crippen molar-refractivity contribution >= 4 is 17.6 Å². The van der Waals surface area contributed by atoms with E-state index in [0.29, 0.717) is 25.4 Å². The number of para-hydroxylation sites is 1. The summed E-state index contributed by atoms with van der Waals surface area (Å²) in [5.41, 5.74) is 3.33. The van der Waals surface area contributed by atoms with Gasteiger partial charge in [-0.15, -0.1) is 0 Å². The van der Waals surface area contributed by atoms with Crippen molar-refractivity contribution in [1.29, 1.82) is 0 Å². The minimum Gasteiger partial charge on any atom is -0.359 e. The molecule has 24 heavy (non-hydrogen) atoms. The number of anilines is 1. The lowest BCUT2D eigenvalue weighted by Crippen LogP contribution is -2.42. The van der Waals surface area contributed by atoms with E-state index in [9.17, 15) is 9.59 Å². The molecule has 1 aliphatic rings. The minimum absolute atomic E-state index is 0.0241. The molecular formula is C19H29N3O2. The summed E-state index contributed by atoms with van der Waals surface area (Å²) in [6, 6.07) is 6.18. The second-order valence-electron chi connectivity index (χ2n) is 6.40. The van der Waals surface area contributed by atoms with Crippen LogP contribution in [0, 0.1) is 5.92 Å². The molecule has 2 rings (SSSR count). The Morgan fingerprint density at radius 3 is 2.21 bits per heavy atom. The topological polar surface area (TPSA) is 61.4 Å². The average Bonchev–Trinajstić information content (AvgIpc) is 2.62. The van der Waals surface area contributed by atoms with Crippen molar-refractivity contribution in [3.05, 3.63) is 29.3 Å². The maximum atomic E-state index is 12.6. The van der Waals surface area contributed by atoms with Crippen molar-refractivity contribution in [1.82, 2.24) is 10.2 Å². The molecule has 1 aromatic carbocycles. The number of nitrogens with zero attached hydrogens (tertiary/aromatic N) is 1. The number of hydrogen-bond acceptors (Lipinski definition) is 2. The molecule has 0 atom stereocenters. The lowest BCUT2D eigenvalue weighted by molar-refractivity contribution is -0.121.